The Balaban J connectivity index is 1.70. The van der Waals surface area contributed by atoms with Gasteiger partial charge < -0.3 is 15.5 Å². The van der Waals surface area contributed by atoms with E-state index in [4.69, 9.17) is 11.6 Å². The summed E-state index contributed by atoms with van der Waals surface area (Å²) in [6, 6.07) is 13.7. The number of anilines is 1. The van der Waals surface area contributed by atoms with Crippen LogP contribution in [0.1, 0.15) is 23.2 Å². The van der Waals surface area contributed by atoms with E-state index in [1.165, 1.54) is 4.90 Å². The lowest BCUT2D eigenvalue weighted by Crippen LogP contribution is -2.25. The highest BCUT2D eigenvalue weighted by Crippen LogP contribution is 2.22. The van der Waals surface area contributed by atoms with E-state index < -0.39 is 0 Å². The second kappa shape index (κ2) is 10.7. The molecule has 2 aromatic rings. The van der Waals surface area contributed by atoms with E-state index in [1.54, 1.807) is 62.6 Å². The molecule has 3 amide bonds. The number of rotatable bonds is 7. The molecule has 0 fully saturated rings. The highest BCUT2D eigenvalue weighted by molar-refractivity contribution is 8.13. The van der Waals surface area contributed by atoms with Crippen molar-refractivity contribution in [3.63, 3.8) is 0 Å². The van der Waals surface area contributed by atoms with Crippen molar-refractivity contribution in [3.05, 3.63) is 59.1 Å². The Hall–Kier alpha value is -2.51. The van der Waals surface area contributed by atoms with Crippen molar-refractivity contribution in [3.8, 4) is 0 Å². The molecular formula is C20H22ClN3O3S. The zero-order valence-electron chi connectivity index (χ0n) is 15.7. The number of hydrogen-bond donors (Lipinski definition) is 2. The average molecular weight is 420 g/mol. The maximum Gasteiger partial charge on any atom is 0.285 e. The van der Waals surface area contributed by atoms with Crippen molar-refractivity contribution in [2.45, 2.75) is 17.7 Å². The summed E-state index contributed by atoms with van der Waals surface area (Å²) in [5, 5.41) is 6.09. The Kier molecular flexibility index (Phi) is 8.35. The first-order valence-corrected chi connectivity index (χ1v) is 9.87. The minimum Gasteiger partial charge on any atom is -0.352 e. The molecule has 2 N–H and O–H groups in total. The van der Waals surface area contributed by atoms with Crippen LogP contribution in [0.5, 0.6) is 0 Å². The van der Waals surface area contributed by atoms with Crippen molar-refractivity contribution in [2.24, 2.45) is 0 Å². The first kappa shape index (κ1) is 21.8. The number of carbonyl (C=O) groups excluding carboxylic acids is 3. The highest BCUT2D eigenvalue weighted by Gasteiger charge is 2.08. The van der Waals surface area contributed by atoms with E-state index in [-0.39, 0.29) is 23.5 Å². The molecule has 0 bridgehead atoms. The molecule has 0 saturated carbocycles. The summed E-state index contributed by atoms with van der Waals surface area (Å²) in [5.74, 6) is -0.331. The molecule has 0 spiro atoms. The number of carbonyl (C=O) groups is 3. The summed E-state index contributed by atoms with van der Waals surface area (Å²) in [7, 11) is 3.39. The summed E-state index contributed by atoms with van der Waals surface area (Å²) < 4.78 is 0. The monoisotopic (exact) mass is 419 g/mol. The van der Waals surface area contributed by atoms with Gasteiger partial charge in [0, 0.05) is 48.2 Å². The standard InChI is InChI=1S/C20H22ClN3O3S/c1-24(2)20(27)28-17-11-9-16(10-12-17)23-18(25)4-3-13-22-19(26)14-5-7-15(21)8-6-14/h5-12H,3-4,13H2,1-2H3,(H,22,26)(H,23,25). The third-order valence-corrected chi connectivity index (χ3v) is 4.98. The number of nitrogens with zero attached hydrogens (tertiary/aromatic N) is 1. The van der Waals surface area contributed by atoms with E-state index in [9.17, 15) is 14.4 Å². The highest BCUT2D eigenvalue weighted by atomic mass is 35.5. The van der Waals surface area contributed by atoms with Crippen LogP contribution in [-0.4, -0.2) is 42.6 Å². The van der Waals surface area contributed by atoms with Crippen LogP contribution >= 0.6 is 23.4 Å². The molecule has 2 aromatic carbocycles. The lowest BCUT2D eigenvalue weighted by atomic mass is 10.2. The zero-order valence-corrected chi connectivity index (χ0v) is 17.3. The van der Waals surface area contributed by atoms with Crippen LogP contribution in [0, 0.1) is 0 Å². The van der Waals surface area contributed by atoms with Gasteiger partial charge in [0.15, 0.2) is 0 Å². The zero-order chi connectivity index (χ0) is 20.5. The Morgan fingerprint density at radius 2 is 1.64 bits per heavy atom. The summed E-state index contributed by atoms with van der Waals surface area (Å²) >= 11 is 6.92. The minimum absolute atomic E-state index is 0.0579. The summed E-state index contributed by atoms with van der Waals surface area (Å²) in [5.41, 5.74) is 1.19. The van der Waals surface area contributed by atoms with Gasteiger partial charge in [-0.15, -0.1) is 0 Å². The summed E-state index contributed by atoms with van der Waals surface area (Å²) in [6.07, 6.45) is 0.812. The lowest BCUT2D eigenvalue weighted by Gasteiger charge is -2.10. The predicted octanol–water partition coefficient (Wildman–Crippen LogP) is 4.26. The first-order valence-electron chi connectivity index (χ1n) is 8.68. The van der Waals surface area contributed by atoms with Crippen LogP contribution in [-0.2, 0) is 4.79 Å². The number of thioether (sulfide) groups is 1. The number of benzene rings is 2. The van der Waals surface area contributed by atoms with Gasteiger partial charge in [-0.3, -0.25) is 14.4 Å². The molecule has 0 aliphatic rings. The second-order valence-electron chi connectivity index (χ2n) is 6.20. The molecule has 0 aliphatic heterocycles. The van der Waals surface area contributed by atoms with Crippen LogP contribution in [0.3, 0.4) is 0 Å². The Morgan fingerprint density at radius 3 is 2.25 bits per heavy atom. The molecule has 28 heavy (non-hydrogen) atoms. The predicted molar refractivity (Wildman–Crippen MR) is 113 cm³/mol. The fourth-order valence-electron chi connectivity index (χ4n) is 2.18. The van der Waals surface area contributed by atoms with Crippen LogP contribution in [0.2, 0.25) is 5.02 Å². The van der Waals surface area contributed by atoms with Gasteiger partial charge in [0.25, 0.3) is 11.1 Å². The van der Waals surface area contributed by atoms with E-state index in [1.807, 2.05) is 0 Å². The summed E-state index contributed by atoms with van der Waals surface area (Å²) in [4.78, 5) is 37.9. The second-order valence-corrected chi connectivity index (χ2v) is 7.66. The molecule has 0 radical (unpaired) electrons. The Bertz CT molecular complexity index is 824. The van der Waals surface area contributed by atoms with Crippen LogP contribution in [0.4, 0.5) is 10.5 Å². The number of amides is 3. The van der Waals surface area contributed by atoms with Gasteiger partial charge in [0.1, 0.15) is 0 Å². The van der Waals surface area contributed by atoms with Gasteiger partial charge >= 0.3 is 0 Å². The van der Waals surface area contributed by atoms with Crippen molar-refractivity contribution in [1.82, 2.24) is 10.2 Å². The smallest absolute Gasteiger partial charge is 0.285 e. The Morgan fingerprint density at radius 1 is 1.00 bits per heavy atom. The quantitative estimate of drug-likeness (QED) is 0.519. The van der Waals surface area contributed by atoms with E-state index >= 15 is 0 Å². The molecule has 2 rings (SSSR count). The maximum absolute atomic E-state index is 12.0. The van der Waals surface area contributed by atoms with E-state index in [0.717, 1.165) is 16.7 Å². The van der Waals surface area contributed by atoms with Gasteiger partial charge in [0.2, 0.25) is 5.91 Å². The molecule has 0 saturated heterocycles. The fourth-order valence-corrected chi connectivity index (χ4v) is 2.96. The van der Waals surface area contributed by atoms with Gasteiger partial charge in [-0.05, 0) is 66.7 Å². The molecule has 148 valence electrons. The summed E-state index contributed by atoms with van der Waals surface area (Å²) in [6.45, 7) is 0.400. The van der Waals surface area contributed by atoms with Gasteiger partial charge in [-0.2, -0.15) is 0 Å². The number of hydrogen-bond acceptors (Lipinski definition) is 4. The lowest BCUT2D eigenvalue weighted by molar-refractivity contribution is -0.116. The van der Waals surface area contributed by atoms with Crippen LogP contribution in [0.15, 0.2) is 53.4 Å². The fraction of sp³-hybridized carbons (Fsp3) is 0.250. The SMILES string of the molecule is CN(C)C(=O)Sc1ccc(NC(=O)CCCNC(=O)c2ccc(Cl)cc2)cc1. The van der Waals surface area contributed by atoms with Gasteiger partial charge in [-0.25, -0.2) is 0 Å². The molecule has 0 aromatic heterocycles. The molecular weight excluding hydrogens is 398 g/mol. The topological polar surface area (TPSA) is 78.5 Å². The molecule has 8 heteroatoms. The minimum atomic E-state index is -0.197. The van der Waals surface area contributed by atoms with Crippen molar-refractivity contribution in [2.75, 3.05) is 26.0 Å². The van der Waals surface area contributed by atoms with E-state index in [0.29, 0.717) is 29.2 Å². The van der Waals surface area contributed by atoms with Crippen molar-refractivity contribution in [1.29, 1.82) is 0 Å². The van der Waals surface area contributed by atoms with Gasteiger partial charge in [-0.1, -0.05) is 11.6 Å². The molecule has 0 atom stereocenters. The van der Waals surface area contributed by atoms with Crippen LogP contribution in [0.25, 0.3) is 0 Å². The largest absolute Gasteiger partial charge is 0.352 e. The average Bonchev–Trinajstić information content (AvgIpc) is 2.67. The number of nitrogens with one attached hydrogen (secondary N) is 2. The molecule has 0 heterocycles. The molecule has 6 nitrogen and oxygen atoms in total. The van der Waals surface area contributed by atoms with E-state index in [2.05, 4.69) is 10.6 Å². The molecule has 0 aliphatic carbocycles. The Labute approximate surface area is 173 Å². The first-order chi connectivity index (χ1) is 13.3. The van der Waals surface area contributed by atoms with Crippen molar-refractivity contribution >= 4 is 46.1 Å². The third kappa shape index (κ3) is 7.25. The van der Waals surface area contributed by atoms with Crippen molar-refractivity contribution < 1.29 is 14.4 Å². The normalized spacial score (nSPS) is 10.2. The number of halogens is 1. The van der Waals surface area contributed by atoms with Crippen LogP contribution < -0.4 is 10.6 Å². The third-order valence-electron chi connectivity index (χ3n) is 3.68. The molecule has 0 unspecified atom stereocenters. The van der Waals surface area contributed by atoms with Gasteiger partial charge in [0.05, 0.1) is 0 Å². The maximum atomic E-state index is 12.0.